The topological polar surface area (TPSA) is 89.3 Å². The third-order valence-corrected chi connectivity index (χ3v) is 3.34. The first-order valence-corrected chi connectivity index (χ1v) is 7.15. The van der Waals surface area contributed by atoms with E-state index in [1.54, 1.807) is 42.5 Å². The van der Waals surface area contributed by atoms with Crippen LogP contribution in [0.5, 0.6) is 0 Å². The Labute approximate surface area is 133 Å². The second-order valence-corrected chi connectivity index (χ2v) is 4.95. The van der Waals surface area contributed by atoms with Crippen molar-refractivity contribution in [3.8, 4) is 0 Å². The van der Waals surface area contributed by atoms with E-state index >= 15 is 0 Å². The molecule has 118 valence electrons. The molecule has 0 fully saturated rings. The van der Waals surface area contributed by atoms with E-state index in [9.17, 15) is 19.7 Å². The lowest BCUT2D eigenvalue weighted by Gasteiger charge is -2.06. The lowest BCUT2D eigenvalue weighted by molar-refractivity contribution is -0.385. The SMILES string of the molecule is O=C(CCC(=O)c1ccccc1)NCc1ccccc1[N+](=O)[O-]. The lowest BCUT2D eigenvalue weighted by Crippen LogP contribution is -2.23. The van der Waals surface area contributed by atoms with Crippen molar-refractivity contribution in [1.29, 1.82) is 0 Å². The van der Waals surface area contributed by atoms with Gasteiger partial charge in [0.15, 0.2) is 5.78 Å². The van der Waals surface area contributed by atoms with E-state index < -0.39 is 4.92 Å². The van der Waals surface area contributed by atoms with E-state index in [0.29, 0.717) is 11.1 Å². The van der Waals surface area contributed by atoms with E-state index in [-0.39, 0.29) is 36.8 Å². The molecule has 6 heteroatoms. The summed E-state index contributed by atoms with van der Waals surface area (Å²) in [6.45, 7) is 0.0650. The minimum absolute atomic E-state index is 0.0341. The zero-order chi connectivity index (χ0) is 16.7. The molecule has 0 aromatic heterocycles. The number of hydrogen-bond acceptors (Lipinski definition) is 4. The summed E-state index contributed by atoms with van der Waals surface area (Å²) in [5.41, 5.74) is 0.965. The summed E-state index contributed by atoms with van der Waals surface area (Å²) in [4.78, 5) is 34.1. The van der Waals surface area contributed by atoms with Gasteiger partial charge in [0.05, 0.1) is 4.92 Å². The number of ketones is 1. The van der Waals surface area contributed by atoms with E-state index in [0.717, 1.165) is 0 Å². The van der Waals surface area contributed by atoms with Crippen LogP contribution in [-0.4, -0.2) is 16.6 Å². The fourth-order valence-electron chi connectivity index (χ4n) is 2.12. The molecule has 0 atom stereocenters. The van der Waals surface area contributed by atoms with Crippen molar-refractivity contribution >= 4 is 17.4 Å². The molecule has 0 saturated carbocycles. The Morgan fingerprint density at radius 3 is 2.30 bits per heavy atom. The number of nitro benzene ring substituents is 1. The predicted molar refractivity (Wildman–Crippen MR) is 84.9 cm³/mol. The van der Waals surface area contributed by atoms with Crippen LogP contribution in [0.15, 0.2) is 54.6 Å². The second kappa shape index (κ2) is 7.84. The van der Waals surface area contributed by atoms with Gasteiger partial charge in [0.1, 0.15) is 0 Å². The summed E-state index contributed by atoms with van der Waals surface area (Å²) < 4.78 is 0. The van der Waals surface area contributed by atoms with Crippen LogP contribution in [-0.2, 0) is 11.3 Å². The first-order valence-electron chi connectivity index (χ1n) is 7.15. The highest BCUT2D eigenvalue weighted by atomic mass is 16.6. The number of rotatable bonds is 7. The Hall–Kier alpha value is -3.02. The van der Waals surface area contributed by atoms with Crippen LogP contribution in [0.4, 0.5) is 5.69 Å². The minimum Gasteiger partial charge on any atom is -0.352 e. The van der Waals surface area contributed by atoms with E-state index in [1.807, 2.05) is 6.07 Å². The standard InChI is InChI=1S/C17H16N2O4/c20-16(13-6-2-1-3-7-13)10-11-17(21)18-12-14-8-4-5-9-15(14)19(22)23/h1-9H,10-12H2,(H,18,21). The average molecular weight is 312 g/mol. The van der Waals surface area contributed by atoms with Crippen LogP contribution in [0.1, 0.15) is 28.8 Å². The molecule has 23 heavy (non-hydrogen) atoms. The number of carbonyl (C=O) groups excluding carboxylic acids is 2. The van der Waals surface area contributed by atoms with Crippen LogP contribution < -0.4 is 5.32 Å². The van der Waals surface area contributed by atoms with Crippen molar-refractivity contribution in [1.82, 2.24) is 5.32 Å². The molecule has 0 radical (unpaired) electrons. The van der Waals surface area contributed by atoms with Crippen molar-refractivity contribution < 1.29 is 14.5 Å². The van der Waals surface area contributed by atoms with Gasteiger partial charge in [0.2, 0.25) is 5.91 Å². The van der Waals surface area contributed by atoms with Crippen molar-refractivity contribution in [2.24, 2.45) is 0 Å². The Kier molecular flexibility index (Phi) is 5.57. The van der Waals surface area contributed by atoms with Gasteiger partial charge in [-0.1, -0.05) is 48.5 Å². The monoisotopic (exact) mass is 312 g/mol. The van der Waals surface area contributed by atoms with E-state index in [2.05, 4.69) is 5.32 Å². The van der Waals surface area contributed by atoms with Crippen molar-refractivity contribution in [2.45, 2.75) is 19.4 Å². The molecule has 1 amide bonds. The quantitative estimate of drug-likeness (QED) is 0.483. The smallest absolute Gasteiger partial charge is 0.274 e. The maximum atomic E-state index is 11.9. The summed E-state index contributed by atoms with van der Waals surface area (Å²) in [6, 6.07) is 15.0. The number of nitro groups is 1. The molecule has 0 unspecified atom stereocenters. The maximum absolute atomic E-state index is 11.9. The van der Waals surface area contributed by atoms with E-state index in [1.165, 1.54) is 6.07 Å². The molecular formula is C17H16N2O4. The molecule has 6 nitrogen and oxygen atoms in total. The number of nitrogens with one attached hydrogen (secondary N) is 1. The number of carbonyl (C=O) groups is 2. The molecule has 0 saturated heterocycles. The molecule has 2 aromatic carbocycles. The third-order valence-electron chi connectivity index (χ3n) is 3.34. The Bertz CT molecular complexity index is 714. The zero-order valence-corrected chi connectivity index (χ0v) is 12.4. The van der Waals surface area contributed by atoms with Crippen molar-refractivity contribution in [2.75, 3.05) is 0 Å². The molecule has 0 aliphatic rings. The summed E-state index contributed by atoms with van der Waals surface area (Å²) in [5, 5.41) is 13.5. The summed E-state index contributed by atoms with van der Waals surface area (Å²) >= 11 is 0. The molecule has 2 rings (SSSR count). The van der Waals surface area contributed by atoms with Crippen LogP contribution in [0.25, 0.3) is 0 Å². The molecule has 0 bridgehead atoms. The molecular weight excluding hydrogens is 296 g/mol. The number of Topliss-reactive ketones (excluding diaryl/α,β-unsaturated/α-hetero) is 1. The van der Waals surface area contributed by atoms with Crippen LogP contribution in [0.2, 0.25) is 0 Å². The highest BCUT2D eigenvalue weighted by Crippen LogP contribution is 2.17. The van der Waals surface area contributed by atoms with Gasteiger partial charge in [-0.2, -0.15) is 0 Å². The van der Waals surface area contributed by atoms with Crippen LogP contribution in [0, 0.1) is 10.1 Å². The number of benzene rings is 2. The van der Waals surface area contributed by atoms with Gasteiger partial charge in [0.25, 0.3) is 5.69 Å². The van der Waals surface area contributed by atoms with Crippen molar-refractivity contribution in [3.63, 3.8) is 0 Å². The van der Waals surface area contributed by atoms with Gasteiger partial charge >= 0.3 is 0 Å². The molecule has 0 aliphatic heterocycles. The number of para-hydroxylation sites is 1. The first-order chi connectivity index (χ1) is 11.1. The lowest BCUT2D eigenvalue weighted by atomic mass is 10.1. The molecule has 0 aliphatic carbocycles. The third kappa shape index (κ3) is 4.74. The zero-order valence-electron chi connectivity index (χ0n) is 12.4. The summed E-state index contributed by atoms with van der Waals surface area (Å²) in [6.07, 6.45) is 0.154. The van der Waals surface area contributed by atoms with Crippen LogP contribution in [0.3, 0.4) is 0 Å². The molecule has 0 spiro atoms. The average Bonchev–Trinajstić information content (AvgIpc) is 2.58. The van der Waals surface area contributed by atoms with Gasteiger partial charge < -0.3 is 5.32 Å². The molecule has 0 heterocycles. The van der Waals surface area contributed by atoms with Crippen LogP contribution >= 0.6 is 0 Å². The number of amides is 1. The van der Waals surface area contributed by atoms with E-state index in [4.69, 9.17) is 0 Å². The number of nitrogens with zero attached hydrogens (tertiary/aromatic N) is 1. The highest BCUT2D eigenvalue weighted by Gasteiger charge is 2.13. The van der Waals surface area contributed by atoms with Crippen molar-refractivity contribution in [3.05, 3.63) is 75.8 Å². The van der Waals surface area contributed by atoms with Gasteiger partial charge in [-0.3, -0.25) is 19.7 Å². The van der Waals surface area contributed by atoms with Gasteiger partial charge in [-0.15, -0.1) is 0 Å². The largest absolute Gasteiger partial charge is 0.352 e. The normalized spacial score (nSPS) is 10.1. The van der Waals surface area contributed by atoms with Gasteiger partial charge in [0, 0.05) is 36.6 Å². The van der Waals surface area contributed by atoms with Gasteiger partial charge in [-0.25, -0.2) is 0 Å². The predicted octanol–water partition coefficient (Wildman–Crippen LogP) is 2.87. The molecule has 2 aromatic rings. The fourth-order valence-corrected chi connectivity index (χ4v) is 2.12. The first kappa shape index (κ1) is 16.4. The minimum atomic E-state index is -0.486. The maximum Gasteiger partial charge on any atom is 0.274 e. The second-order valence-electron chi connectivity index (χ2n) is 4.95. The fraction of sp³-hybridized carbons (Fsp3) is 0.176. The highest BCUT2D eigenvalue weighted by molar-refractivity contribution is 5.97. The Balaban J connectivity index is 1.84. The Morgan fingerprint density at radius 2 is 1.61 bits per heavy atom. The summed E-state index contributed by atoms with van der Waals surface area (Å²) in [7, 11) is 0. The Morgan fingerprint density at radius 1 is 0.957 bits per heavy atom. The molecule has 1 N–H and O–H groups in total. The summed E-state index contributed by atoms with van der Waals surface area (Å²) in [5.74, 6) is -0.418. The number of hydrogen-bond donors (Lipinski definition) is 1. The van der Waals surface area contributed by atoms with Gasteiger partial charge in [-0.05, 0) is 0 Å².